The highest BCUT2D eigenvalue weighted by atomic mass is 32.2. The van der Waals surface area contributed by atoms with Crippen LogP contribution in [-0.4, -0.2) is 34.9 Å². The van der Waals surface area contributed by atoms with Gasteiger partial charge >= 0.3 is 0 Å². The molecular formula is C20H25N3O3S. The van der Waals surface area contributed by atoms with Crippen molar-refractivity contribution in [2.24, 2.45) is 0 Å². The van der Waals surface area contributed by atoms with E-state index < -0.39 is 0 Å². The lowest BCUT2D eigenvalue weighted by Gasteiger charge is -2.14. The lowest BCUT2D eigenvalue weighted by molar-refractivity contribution is -0.121. The second-order valence-electron chi connectivity index (χ2n) is 6.94. The van der Waals surface area contributed by atoms with E-state index in [0.29, 0.717) is 18.7 Å². The minimum Gasteiger partial charge on any atom is -0.497 e. The van der Waals surface area contributed by atoms with Crippen LogP contribution in [0.2, 0.25) is 0 Å². The predicted molar refractivity (Wildman–Crippen MR) is 107 cm³/mol. The van der Waals surface area contributed by atoms with Crippen LogP contribution in [0.4, 0.5) is 0 Å². The molecule has 0 fully saturated rings. The Hall–Kier alpha value is -2.28. The highest BCUT2D eigenvalue weighted by Gasteiger charge is 2.27. The van der Waals surface area contributed by atoms with Crippen molar-refractivity contribution in [3.8, 4) is 5.75 Å². The van der Waals surface area contributed by atoms with Crippen LogP contribution in [0.15, 0.2) is 40.3 Å². The predicted octanol–water partition coefficient (Wildman–Crippen LogP) is 2.77. The number of methoxy groups -OCH3 is 1. The van der Waals surface area contributed by atoms with E-state index in [1.165, 1.54) is 0 Å². The maximum Gasteiger partial charge on any atom is 0.254 e. The summed E-state index contributed by atoms with van der Waals surface area (Å²) < 4.78 is 6.81. The molecule has 0 spiro atoms. The van der Waals surface area contributed by atoms with Crippen molar-refractivity contribution in [1.82, 2.24) is 14.9 Å². The van der Waals surface area contributed by atoms with Crippen LogP contribution in [0.5, 0.6) is 5.75 Å². The van der Waals surface area contributed by atoms with Crippen LogP contribution in [-0.2, 0) is 11.2 Å². The molecule has 0 bridgehead atoms. The largest absolute Gasteiger partial charge is 0.497 e. The molecule has 0 saturated heterocycles. The average molecular weight is 388 g/mol. The van der Waals surface area contributed by atoms with Crippen molar-refractivity contribution < 1.29 is 9.53 Å². The summed E-state index contributed by atoms with van der Waals surface area (Å²) in [5.41, 5.74) is 1.88. The first-order valence-corrected chi connectivity index (χ1v) is 10.1. The molecule has 0 aliphatic carbocycles. The fourth-order valence-electron chi connectivity index (χ4n) is 3.04. The van der Waals surface area contributed by atoms with Gasteiger partial charge in [0.2, 0.25) is 5.91 Å². The number of benzene rings is 1. The standard InChI is InChI=1S/C20H25N3O3S/c1-13(2)17-11-19(25)23-15(12-27-20(23)22-17)10-18(24)21-9-8-14-4-6-16(26-3)7-5-14/h4-7,11,13,15H,8-10,12H2,1-3H3,(H,21,24). The van der Waals surface area contributed by atoms with Crippen LogP contribution in [0, 0.1) is 0 Å². The van der Waals surface area contributed by atoms with Gasteiger partial charge in [0.1, 0.15) is 5.75 Å². The first-order valence-electron chi connectivity index (χ1n) is 9.14. The molecule has 1 aliphatic heterocycles. The van der Waals surface area contributed by atoms with E-state index >= 15 is 0 Å². The van der Waals surface area contributed by atoms with E-state index in [1.54, 1.807) is 29.5 Å². The Morgan fingerprint density at radius 1 is 1.37 bits per heavy atom. The molecule has 1 aromatic heterocycles. The number of hydrogen-bond donors (Lipinski definition) is 1. The maximum absolute atomic E-state index is 12.4. The maximum atomic E-state index is 12.4. The topological polar surface area (TPSA) is 73.2 Å². The van der Waals surface area contributed by atoms with E-state index in [2.05, 4.69) is 10.3 Å². The van der Waals surface area contributed by atoms with Gasteiger partial charge in [-0.1, -0.05) is 37.7 Å². The Balaban J connectivity index is 1.54. The fraction of sp³-hybridized carbons (Fsp3) is 0.450. The Morgan fingerprint density at radius 3 is 2.78 bits per heavy atom. The molecule has 1 aliphatic rings. The minimum absolute atomic E-state index is 0.0400. The van der Waals surface area contributed by atoms with Crippen LogP contribution in [0.3, 0.4) is 0 Å². The van der Waals surface area contributed by atoms with Gasteiger partial charge in [-0.05, 0) is 30.0 Å². The molecule has 2 heterocycles. The van der Waals surface area contributed by atoms with Crippen molar-refractivity contribution in [3.05, 3.63) is 51.9 Å². The number of ether oxygens (including phenoxy) is 1. The van der Waals surface area contributed by atoms with E-state index in [9.17, 15) is 9.59 Å². The summed E-state index contributed by atoms with van der Waals surface area (Å²) in [6, 6.07) is 9.27. The smallest absolute Gasteiger partial charge is 0.254 e. The molecule has 1 unspecified atom stereocenters. The van der Waals surface area contributed by atoms with E-state index in [-0.39, 0.29) is 23.4 Å². The number of thioether (sulfide) groups is 1. The van der Waals surface area contributed by atoms with Crippen LogP contribution in [0.25, 0.3) is 0 Å². The van der Waals surface area contributed by atoms with Gasteiger partial charge in [-0.15, -0.1) is 0 Å². The van der Waals surface area contributed by atoms with Gasteiger partial charge in [-0.2, -0.15) is 0 Å². The molecule has 1 aromatic carbocycles. The molecule has 27 heavy (non-hydrogen) atoms. The Bertz CT molecular complexity index is 862. The molecule has 0 saturated carbocycles. The van der Waals surface area contributed by atoms with Crippen molar-refractivity contribution in [2.45, 2.75) is 43.8 Å². The summed E-state index contributed by atoms with van der Waals surface area (Å²) in [4.78, 5) is 29.3. The van der Waals surface area contributed by atoms with Gasteiger partial charge in [0.15, 0.2) is 5.16 Å². The third-order valence-corrected chi connectivity index (χ3v) is 5.71. The van der Waals surface area contributed by atoms with Crippen LogP contribution < -0.4 is 15.6 Å². The summed E-state index contributed by atoms with van der Waals surface area (Å²) in [7, 11) is 1.64. The quantitative estimate of drug-likeness (QED) is 0.740. The van der Waals surface area contributed by atoms with Crippen molar-refractivity contribution in [1.29, 1.82) is 0 Å². The monoisotopic (exact) mass is 387 g/mol. The van der Waals surface area contributed by atoms with Crippen molar-refractivity contribution in [3.63, 3.8) is 0 Å². The third-order valence-electron chi connectivity index (χ3n) is 4.62. The minimum atomic E-state index is -0.132. The van der Waals surface area contributed by atoms with E-state index in [1.807, 2.05) is 38.1 Å². The molecular weight excluding hydrogens is 362 g/mol. The van der Waals surface area contributed by atoms with Gasteiger partial charge in [0.25, 0.3) is 5.56 Å². The number of hydrogen-bond acceptors (Lipinski definition) is 5. The Labute approximate surface area is 163 Å². The first-order chi connectivity index (χ1) is 13.0. The highest BCUT2D eigenvalue weighted by Crippen LogP contribution is 2.32. The lowest BCUT2D eigenvalue weighted by Crippen LogP contribution is -2.31. The van der Waals surface area contributed by atoms with Gasteiger partial charge in [0.05, 0.1) is 18.8 Å². The summed E-state index contributed by atoms with van der Waals surface area (Å²) in [5, 5.41) is 3.68. The zero-order valence-corrected chi connectivity index (χ0v) is 16.7. The van der Waals surface area contributed by atoms with Gasteiger partial charge in [-0.25, -0.2) is 4.98 Å². The number of nitrogens with zero attached hydrogens (tertiary/aromatic N) is 2. The van der Waals surface area contributed by atoms with E-state index in [4.69, 9.17) is 4.74 Å². The number of nitrogens with one attached hydrogen (secondary N) is 1. The molecule has 144 valence electrons. The normalized spacial score (nSPS) is 15.6. The average Bonchev–Trinajstić information content (AvgIpc) is 3.05. The van der Waals surface area contributed by atoms with Gasteiger partial charge in [-0.3, -0.25) is 14.2 Å². The second kappa shape index (κ2) is 8.61. The first kappa shape index (κ1) is 19.5. The number of aromatic nitrogens is 2. The van der Waals surface area contributed by atoms with Crippen LogP contribution in [0.1, 0.15) is 43.5 Å². The Kier molecular flexibility index (Phi) is 6.21. The molecule has 0 radical (unpaired) electrons. The summed E-state index contributed by atoms with van der Waals surface area (Å²) in [6.45, 7) is 4.61. The van der Waals surface area contributed by atoms with Crippen molar-refractivity contribution in [2.75, 3.05) is 19.4 Å². The van der Waals surface area contributed by atoms with Crippen LogP contribution >= 0.6 is 11.8 Å². The molecule has 7 heteroatoms. The molecule has 1 amide bonds. The number of rotatable bonds is 7. The van der Waals surface area contributed by atoms with Crippen molar-refractivity contribution >= 4 is 17.7 Å². The summed E-state index contributed by atoms with van der Waals surface area (Å²) >= 11 is 1.55. The zero-order chi connectivity index (χ0) is 19.4. The lowest BCUT2D eigenvalue weighted by atomic mass is 10.1. The number of carbonyl (C=O) groups excluding carboxylic acids is 1. The molecule has 2 aromatic rings. The SMILES string of the molecule is COc1ccc(CCNC(=O)CC2CSc3nc(C(C)C)cc(=O)n32)cc1. The fourth-order valence-corrected chi connectivity index (χ4v) is 4.20. The highest BCUT2D eigenvalue weighted by molar-refractivity contribution is 7.99. The summed E-state index contributed by atoms with van der Waals surface area (Å²) in [6.07, 6.45) is 1.05. The third kappa shape index (κ3) is 4.71. The van der Waals surface area contributed by atoms with Gasteiger partial charge in [0, 0.05) is 24.8 Å². The number of fused-ring (bicyclic) bond motifs is 1. The number of carbonyl (C=O) groups is 1. The second-order valence-corrected chi connectivity index (χ2v) is 7.93. The molecule has 3 rings (SSSR count). The Morgan fingerprint density at radius 2 is 2.11 bits per heavy atom. The molecule has 1 N–H and O–H groups in total. The van der Waals surface area contributed by atoms with E-state index in [0.717, 1.165) is 28.6 Å². The molecule has 6 nitrogen and oxygen atoms in total. The number of amides is 1. The van der Waals surface area contributed by atoms with Gasteiger partial charge < -0.3 is 10.1 Å². The summed E-state index contributed by atoms with van der Waals surface area (Å²) in [5.74, 6) is 1.70. The zero-order valence-electron chi connectivity index (χ0n) is 15.9. The molecule has 1 atom stereocenters.